The zero-order valence-corrected chi connectivity index (χ0v) is 9.80. The highest BCUT2D eigenvalue weighted by atomic mass is 16.3. The normalized spacial score (nSPS) is 28.3. The van der Waals surface area contributed by atoms with Gasteiger partial charge in [-0.05, 0) is 37.5 Å². The Labute approximate surface area is 96.8 Å². The predicted octanol–water partition coefficient (Wildman–Crippen LogP) is 0.407. The second-order valence-electron chi connectivity index (χ2n) is 5.25. The first-order valence-corrected chi connectivity index (χ1v) is 6.35. The van der Waals surface area contributed by atoms with Gasteiger partial charge in [0, 0.05) is 32.2 Å². The summed E-state index contributed by atoms with van der Waals surface area (Å²) in [5.41, 5.74) is 0.345. The summed E-state index contributed by atoms with van der Waals surface area (Å²) >= 11 is 0. The van der Waals surface area contributed by atoms with Gasteiger partial charge >= 0.3 is 0 Å². The number of hydrogen-bond acceptors (Lipinski definition) is 3. The first-order chi connectivity index (χ1) is 7.74. The highest BCUT2D eigenvalue weighted by Gasteiger charge is 2.41. The molecule has 1 aliphatic carbocycles. The number of carbonyl (C=O) groups is 1. The van der Waals surface area contributed by atoms with Crippen molar-refractivity contribution in [3.05, 3.63) is 0 Å². The summed E-state index contributed by atoms with van der Waals surface area (Å²) in [5.74, 6) is 0.169. The Hall–Kier alpha value is -0.610. The Morgan fingerprint density at radius 2 is 2.31 bits per heavy atom. The number of carbonyl (C=O) groups excluding carboxylic acids is 1. The van der Waals surface area contributed by atoms with Gasteiger partial charge in [0.25, 0.3) is 0 Å². The Balaban J connectivity index is 1.74. The summed E-state index contributed by atoms with van der Waals surface area (Å²) in [5, 5.41) is 15.4. The molecule has 16 heavy (non-hydrogen) atoms. The highest BCUT2D eigenvalue weighted by Crippen LogP contribution is 2.48. The number of aliphatic hydroxyl groups excluding tert-OH is 1. The third-order valence-electron chi connectivity index (χ3n) is 3.85. The van der Waals surface area contributed by atoms with Crippen molar-refractivity contribution in [2.45, 2.75) is 44.6 Å². The van der Waals surface area contributed by atoms with Crippen LogP contribution in [0.25, 0.3) is 0 Å². The standard InChI is InChI=1S/C12H22N2O2/c15-7-5-12(3-4-12)9-14-10-2-1-6-13-11(16)8-10/h10,14-15H,1-9H2,(H,13,16). The van der Waals surface area contributed by atoms with Crippen LogP contribution >= 0.6 is 0 Å². The molecule has 1 atom stereocenters. The predicted molar refractivity (Wildman–Crippen MR) is 62.0 cm³/mol. The van der Waals surface area contributed by atoms with Gasteiger partial charge in [-0.1, -0.05) is 0 Å². The average molecular weight is 226 g/mol. The Morgan fingerprint density at radius 1 is 1.50 bits per heavy atom. The monoisotopic (exact) mass is 226 g/mol. The first-order valence-electron chi connectivity index (χ1n) is 6.35. The fourth-order valence-electron chi connectivity index (χ4n) is 2.44. The molecule has 0 spiro atoms. The minimum atomic E-state index is 0.169. The van der Waals surface area contributed by atoms with E-state index >= 15 is 0 Å². The van der Waals surface area contributed by atoms with E-state index in [1.54, 1.807) is 0 Å². The smallest absolute Gasteiger partial charge is 0.221 e. The lowest BCUT2D eigenvalue weighted by atomic mass is 10.0. The molecule has 0 aromatic rings. The molecule has 0 radical (unpaired) electrons. The van der Waals surface area contributed by atoms with Gasteiger partial charge in [-0.3, -0.25) is 4.79 Å². The van der Waals surface area contributed by atoms with Crippen molar-refractivity contribution in [2.75, 3.05) is 19.7 Å². The molecule has 2 rings (SSSR count). The van der Waals surface area contributed by atoms with E-state index in [-0.39, 0.29) is 12.5 Å². The van der Waals surface area contributed by atoms with Crippen LogP contribution in [0.4, 0.5) is 0 Å². The van der Waals surface area contributed by atoms with Gasteiger partial charge in [0.05, 0.1) is 0 Å². The van der Waals surface area contributed by atoms with Crippen LogP contribution in [0.5, 0.6) is 0 Å². The molecule has 4 heteroatoms. The molecule has 3 N–H and O–H groups in total. The third-order valence-corrected chi connectivity index (χ3v) is 3.85. The molecule has 1 saturated carbocycles. The molecule has 2 aliphatic rings. The maximum Gasteiger partial charge on any atom is 0.221 e. The lowest BCUT2D eigenvalue weighted by molar-refractivity contribution is -0.121. The lowest BCUT2D eigenvalue weighted by Crippen LogP contribution is -2.36. The van der Waals surface area contributed by atoms with Crippen molar-refractivity contribution in [1.82, 2.24) is 10.6 Å². The molecule has 1 saturated heterocycles. The van der Waals surface area contributed by atoms with E-state index in [9.17, 15) is 4.79 Å². The van der Waals surface area contributed by atoms with Gasteiger partial charge in [0.2, 0.25) is 5.91 Å². The van der Waals surface area contributed by atoms with Crippen LogP contribution in [0.1, 0.15) is 38.5 Å². The number of nitrogens with one attached hydrogen (secondary N) is 2. The fraction of sp³-hybridized carbons (Fsp3) is 0.917. The molecule has 92 valence electrons. The first kappa shape index (κ1) is 11.9. The third kappa shape index (κ3) is 3.19. The number of aliphatic hydroxyl groups is 1. The molecule has 2 fully saturated rings. The zero-order valence-electron chi connectivity index (χ0n) is 9.80. The van der Waals surface area contributed by atoms with Crippen LogP contribution < -0.4 is 10.6 Å². The van der Waals surface area contributed by atoms with E-state index in [2.05, 4.69) is 10.6 Å². The van der Waals surface area contributed by atoms with E-state index in [0.29, 0.717) is 17.9 Å². The van der Waals surface area contributed by atoms with Crippen molar-refractivity contribution in [2.24, 2.45) is 5.41 Å². The quantitative estimate of drug-likeness (QED) is 0.636. The van der Waals surface area contributed by atoms with Crippen molar-refractivity contribution >= 4 is 5.91 Å². The largest absolute Gasteiger partial charge is 0.396 e. The summed E-state index contributed by atoms with van der Waals surface area (Å²) in [6, 6.07) is 0.332. The Bertz CT molecular complexity index is 251. The van der Waals surface area contributed by atoms with E-state index < -0.39 is 0 Å². The minimum Gasteiger partial charge on any atom is -0.396 e. The summed E-state index contributed by atoms with van der Waals surface area (Å²) in [6.45, 7) is 2.07. The molecule has 1 amide bonds. The van der Waals surface area contributed by atoms with Gasteiger partial charge in [-0.15, -0.1) is 0 Å². The van der Waals surface area contributed by atoms with Crippen molar-refractivity contribution in [1.29, 1.82) is 0 Å². The number of rotatable bonds is 5. The topological polar surface area (TPSA) is 61.4 Å². The number of amides is 1. The SMILES string of the molecule is O=C1CC(NCC2(CCO)CC2)CCCN1. The van der Waals surface area contributed by atoms with Crippen LogP contribution in [0.2, 0.25) is 0 Å². The van der Waals surface area contributed by atoms with Gasteiger partial charge in [-0.25, -0.2) is 0 Å². The molecule has 1 heterocycles. The summed E-state index contributed by atoms with van der Waals surface area (Å²) < 4.78 is 0. The maximum atomic E-state index is 11.4. The van der Waals surface area contributed by atoms with E-state index in [1.165, 1.54) is 12.8 Å². The molecule has 4 nitrogen and oxygen atoms in total. The zero-order chi connectivity index (χ0) is 11.4. The van der Waals surface area contributed by atoms with E-state index in [1.807, 2.05) is 0 Å². The Morgan fingerprint density at radius 3 is 3.00 bits per heavy atom. The van der Waals surface area contributed by atoms with Gasteiger partial charge in [0.15, 0.2) is 0 Å². The van der Waals surface area contributed by atoms with Crippen LogP contribution in [-0.2, 0) is 4.79 Å². The average Bonchev–Trinajstić information content (AvgIpc) is 3.02. The van der Waals surface area contributed by atoms with Crippen LogP contribution in [0.3, 0.4) is 0 Å². The summed E-state index contributed by atoms with van der Waals surface area (Å²) in [6.07, 6.45) is 6.09. The van der Waals surface area contributed by atoms with Gasteiger partial charge < -0.3 is 15.7 Å². The second-order valence-corrected chi connectivity index (χ2v) is 5.25. The van der Waals surface area contributed by atoms with E-state index in [0.717, 1.165) is 32.4 Å². The second kappa shape index (κ2) is 5.15. The minimum absolute atomic E-state index is 0.169. The van der Waals surface area contributed by atoms with Gasteiger partial charge in [0.1, 0.15) is 0 Å². The molecule has 0 bridgehead atoms. The van der Waals surface area contributed by atoms with Crippen molar-refractivity contribution in [3.63, 3.8) is 0 Å². The van der Waals surface area contributed by atoms with Gasteiger partial charge in [-0.2, -0.15) is 0 Å². The van der Waals surface area contributed by atoms with Crippen LogP contribution in [0, 0.1) is 5.41 Å². The summed E-state index contributed by atoms with van der Waals surface area (Å²) in [4.78, 5) is 11.4. The van der Waals surface area contributed by atoms with Crippen molar-refractivity contribution < 1.29 is 9.90 Å². The van der Waals surface area contributed by atoms with Crippen LogP contribution in [0.15, 0.2) is 0 Å². The molecule has 0 aromatic heterocycles. The Kier molecular flexibility index (Phi) is 3.82. The van der Waals surface area contributed by atoms with Crippen LogP contribution in [-0.4, -0.2) is 36.8 Å². The fourth-order valence-corrected chi connectivity index (χ4v) is 2.44. The molecule has 1 unspecified atom stereocenters. The summed E-state index contributed by atoms with van der Waals surface area (Å²) in [7, 11) is 0. The molecule has 1 aliphatic heterocycles. The molecular formula is C12H22N2O2. The van der Waals surface area contributed by atoms with Crippen molar-refractivity contribution in [3.8, 4) is 0 Å². The molecule has 0 aromatic carbocycles. The maximum absolute atomic E-state index is 11.4. The van der Waals surface area contributed by atoms with E-state index in [4.69, 9.17) is 5.11 Å². The number of hydrogen-bond donors (Lipinski definition) is 3. The highest BCUT2D eigenvalue weighted by molar-refractivity contribution is 5.76. The lowest BCUT2D eigenvalue weighted by Gasteiger charge is -2.20. The molecular weight excluding hydrogens is 204 g/mol.